The van der Waals surface area contributed by atoms with Gasteiger partial charge in [0.25, 0.3) is 0 Å². The van der Waals surface area contributed by atoms with Crippen molar-refractivity contribution in [3.63, 3.8) is 0 Å². The predicted molar refractivity (Wildman–Crippen MR) is 87.5 cm³/mol. The molecular weight excluding hydrogens is 310 g/mol. The van der Waals surface area contributed by atoms with Crippen molar-refractivity contribution in [2.75, 3.05) is 12.3 Å². The average molecular weight is 327 g/mol. The smallest absolute Gasteiger partial charge is 0.349 e. The van der Waals surface area contributed by atoms with E-state index in [2.05, 4.69) is 9.97 Å². The minimum atomic E-state index is -0.606. The molecule has 3 N–H and O–H groups in total. The Bertz CT molecular complexity index is 871. The number of hydrogen-bond donors (Lipinski definition) is 2. The molecule has 2 aromatic rings. The molecule has 0 spiro atoms. The van der Waals surface area contributed by atoms with Crippen molar-refractivity contribution in [3.05, 3.63) is 63.3 Å². The Kier molecular flexibility index (Phi) is 4.07. The molecule has 0 saturated heterocycles. The number of nitrogens with one attached hydrogen (secondary N) is 1. The number of nitrogen functional groups attached to an aromatic ring is 1. The van der Waals surface area contributed by atoms with Crippen molar-refractivity contribution in [1.82, 2.24) is 9.97 Å². The van der Waals surface area contributed by atoms with E-state index >= 15 is 0 Å². The van der Waals surface area contributed by atoms with Gasteiger partial charge in [-0.05, 0) is 19.4 Å². The Labute approximate surface area is 138 Å². The largest absolute Gasteiger partial charge is 0.463 e. The van der Waals surface area contributed by atoms with Gasteiger partial charge in [-0.1, -0.05) is 30.3 Å². The SMILES string of the molecule is CCOC(=O)C1=C(C)Oc2nc(=O)[nH]c(N)c2C1c1ccccc1. The number of fused-ring (bicyclic) bond motifs is 1. The molecule has 7 nitrogen and oxygen atoms in total. The third-order valence-electron chi connectivity index (χ3n) is 3.80. The lowest BCUT2D eigenvalue weighted by Crippen LogP contribution is -2.27. The molecule has 1 aromatic heterocycles. The van der Waals surface area contributed by atoms with Crippen LogP contribution in [-0.2, 0) is 9.53 Å². The topological polar surface area (TPSA) is 107 Å². The normalized spacial score (nSPS) is 16.3. The van der Waals surface area contributed by atoms with Gasteiger partial charge in [-0.3, -0.25) is 4.98 Å². The number of carbonyl (C=O) groups is 1. The highest BCUT2D eigenvalue weighted by atomic mass is 16.5. The van der Waals surface area contributed by atoms with Gasteiger partial charge < -0.3 is 15.2 Å². The Morgan fingerprint density at radius 1 is 1.38 bits per heavy atom. The predicted octanol–water partition coefficient (Wildman–Crippen LogP) is 1.71. The number of aromatic amines is 1. The lowest BCUT2D eigenvalue weighted by molar-refractivity contribution is -0.139. The van der Waals surface area contributed by atoms with Gasteiger partial charge in [-0.25, -0.2) is 9.59 Å². The Morgan fingerprint density at radius 3 is 2.75 bits per heavy atom. The minimum Gasteiger partial charge on any atom is -0.463 e. The average Bonchev–Trinajstić information content (AvgIpc) is 2.54. The molecule has 3 rings (SSSR count). The Hall–Kier alpha value is -3.09. The first-order valence-corrected chi connectivity index (χ1v) is 7.53. The number of esters is 1. The number of aromatic nitrogens is 2. The number of H-pyrrole nitrogens is 1. The van der Waals surface area contributed by atoms with Gasteiger partial charge in [-0.2, -0.15) is 4.98 Å². The van der Waals surface area contributed by atoms with Gasteiger partial charge in [0, 0.05) is 0 Å². The number of ether oxygens (including phenoxy) is 2. The molecule has 0 aliphatic carbocycles. The first-order chi connectivity index (χ1) is 11.5. The van der Waals surface area contributed by atoms with E-state index in [4.69, 9.17) is 15.2 Å². The van der Waals surface area contributed by atoms with Crippen molar-refractivity contribution in [2.45, 2.75) is 19.8 Å². The quantitative estimate of drug-likeness (QED) is 0.831. The summed E-state index contributed by atoms with van der Waals surface area (Å²) in [5.41, 5.74) is 7.02. The van der Waals surface area contributed by atoms with Crippen LogP contribution in [0.4, 0.5) is 5.82 Å². The fraction of sp³-hybridized carbons (Fsp3) is 0.235. The number of allylic oxidation sites excluding steroid dienone is 1. The maximum atomic E-state index is 12.5. The van der Waals surface area contributed by atoms with Crippen LogP contribution in [0.25, 0.3) is 0 Å². The number of carbonyl (C=O) groups excluding carboxylic acids is 1. The van der Waals surface area contributed by atoms with Crippen LogP contribution in [0.3, 0.4) is 0 Å². The van der Waals surface area contributed by atoms with E-state index in [-0.39, 0.29) is 18.3 Å². The third-order valence-corrected chi connectivity index (χ3v) is 3.80. The van der Waals surface area contributed by atoms with Crippen LogP contribution < -0.4 is 16.2 Å². The highest BCUT2D eigenvalue weighted by molar-refractivity contribution is 5.93. The maximum absolute atomic E-state index is 12.5. The van der Waals surface area contributed by atoms with Crippen LogP contribution in [0, 0.1) is 0 Å². The summed E-state index contributed by atoms with van der Waals surface area (Å²) < 4.78 is 10.8. The summed E-state index contributed by atoms with van der Waals surface area (Å²) in [6, 6.07) is 9.34. The van der Waals surface area contributed by atoms with Gasteiger partial charge >= 0.3 is 11.7 Å². The van der Waals surface area contributed by atoms with Crippen LogP contribution in [0.2, 0.25) is 0 Å². The zero-order chi connectivity index (χ0) is 17.3. The lowest BCUT2D eigenvalue weighted by Gasteiger charge is -2.28. The first kappa shape index (κ1) is 15.8. The summed E-state index contributed by atoms with van der Waals surface area (Å²) in [5, 5.41) is 0. The summed E-state index contributed by atoms with van der Waals surface area (Å²) in [5.74, 6) is -0.449. The molecule has 0 radical (unpaired) electrons. The zero-order valence-corrected chi connectivity index (χ0v) is 13.3. The molecule has 1 aromatic carbocycles. The molecule has 2 heterocycles. The van der Waals surface area contributed by atoms with Gasteiger partial charge in [-0.15, -0.1) is 0 Å². The van der Waals surface area contributed by atoms with Gasteiger partial charge in [0.2, 0.25) is 5.88 Å². The summed E-state index contributed by atoms with van der Waals surface area (Å²) in [6.45, 7) is 3.61. The zero-order valence-electron chi connectivity index (χ0n) is 13.3. The van der Waals surface area contributed by atoms with E-state index in [1.165, 1.54) is 0 Å². The molecular formula is C17H17N3O4. The number of nitrogens with two attached hydrogens (primary N) is 1. The van der Waals surface area contributed by atoms with E-state index in [1.807, 2.05) is 30.3 Å². The van der Waals surface area contributed by atoms with Crippen molar-refractivity contribution in [1.29, 1.82) is 0 Å². The third kappa shape index (κ3) is 2.64. The lowest BCUT2D eigenvalue weighted by atomic mass is 9.83. The van der Waals surface area contributed by atoms with E-state index in [0.717, 1.165) is 5.56 Å². The van der Waals surface area contributed by atoms with E-state index in [1.54, 1.807) is 13.8 Å². The van der Waals surface area contributed by atoms with Crippen molar-refractivity contribution < 1.29 is 14.3 Å². The summed E-state index contributed by atoms with van der Waals surface area (Å²) in [4.78, 5) is 30.4. The fourth-order valence-electron chi connectivity index (χ4n) is 2.83. The highest BCUT2D eigenvalue weighted by Gasteiger charge is 2.37. The Balaban J connectivity index is 2.26. The molecule has 0 bridgehead atoms. The van der Waals surface area contributed by atoms with Crippen molar-refractivity contribution >= 4 is 11.8 Å². The maximum Gasteiger partial charge on any atom is 0.349 e. The molecule has 0 saturated carbocycles. The van der Waals surface area contributed by atoms with E-state index in [9.17, 15) is 9.59 Å². The second-order valence-corrected chi connectivity index (χ2v) is 5.31. The molecule has 0 amide bonds. The van der Waals surface area contributed by atoms with Crippen LogP contribution >= 0.6 is 0 Å². The first-order valence-electron chi connectivity index (χ1n) is 7.53. The van der Waals surface area contributed by atoms with E-state index in [0.29, 0.717) is 16.9 Å². The van der Waals surface area contributed by atoms with Crippen molar-refractivity contribution in [2.24, 2.45) is 0 Å². The Morgan fingerprint density at radius 2 is 2.08 bits per heavy atom. The molecule has 1 aliphatic heterocycles. The van der Waals surface area contributed by atoms with E-state index < -0.39 is 17.6 Å². The highest BCUT2D eigenvalue weighted by Crippen LogP contribution is 2.44. The summed E-state index contributed by atoms with van der Waals surface area (Å²) in [7, 11) is 0. The number of anilines is 1. The second-order valence-electron chi connectivity index (χ2n) is 5.31. The van der Waals surface area contributed by atoms with Gasteiger partial charge in [0.1, 0.15) is 11.6 Å². The number of nitrogens with zero attached hydrogens (tertiary/aromatic N) is 1. The molecule has 0 fully saturated rings. The van der Waals surface area contributed by atoms with Crippen LogP contribution in [0.1, 0.15) is 30.9 Å². The molecule has 7 heteroatoms. The minimum absolute atomic E-state index is 0.107. The van der Waals surface area contributed by atoms with Gasteiger partial charge in [0.05, 0.1) is 23.7 Å². The molecule has 1 atom stereocenters. The van der Waals surface area contributed by atoms with Crippen molar-refractivity contribution in [3.8, 4) is 5.88 Å². The summed E-state index contributed by atoms with van der Waals surface area (Å²) >= 11 is 0. The monoisotopic (exact) mass is 327 g/mol. The molecule has 1 aliphatic rings. The van der Waals surface area contributed by atoms with Gasteiger partial charge in [0.15, 0.2) is 0 Å². The molecule has 24 heavy (non-hydrogen) atoms. The molecule has 1 unspecified atom stereocenters. The second kappa shape index (κ2) is 6.19. The summed E-state index contributed by atoms with van der Waals surface area (Å²) in [6.07, 6.45) is 0. The van der Waals surface area contributed by atoms with Crippen LogP contribution in [0.15, 0.2) is 46.5 Å². The molecule has 124 valence electrons. The number of hydrogen-bond acceptors (Lipinski definition) is 6. The fourth-order valence-corrected chi connectivity index (χ4v) is 2.83. The number of benzene rings is 1. The van der Waals surface area contributed by atoms with Crippen LogP contribution in [-0.4, -0.2) is 22.5 Å². The number of rotatable bonds is 3. The standard InChI is InChI=1S/C17H17N3O4/c1-3-23-16(21)11-9(2)24-15-13(14(18)19-17(22)20-15)12(11)10-7-5-4-6-8-10/h4-8,12H,3H2,1-2H3,(H3,18,19,20,22). The van der Waals surface area contributed by atoms with Crippen LogP contribution in [0.5, 0.6) is 5.88 Å².